The van der Waals surface area contributed by atoms with Gasteiger partial charge in [0.25, 0.3) is 0 Å². The van der Waals surface area contributed by atoms with E-state index in [2.05, 4.69) is 45.0 Å². The largest absolute Gasteiger partial charge is 0.349 e. The van der Waals surface area contributed by atoms with Gasteiger partial charge in [0, 0.05) is 27.1 Å². The minimum atomic E-state index is -0.0632. The molecule has 2 rings (SSSR count). The molecule has 1 heterocycles. The molecule has 132 valence electrons. The zero-order chi connectivity index (χ0) is 18.1. The van der Waals surface area contributed by atoms with Gasteiger partial charge in [0.2, 0.25) is 11.8 Å². The van der Waals surface area contributed by atoms with Crippen molar-refractivity contribution in [1.82, 2.24) is 9.80 Å². The molecule has 0 saturated carbocycles. The number of benzene rings is 1. The van der Waals surface area contributed by atoms with Crippen molar-refractivity contribution in [3.63, 3.8) is 0 Å². The Labute approximate surface area is 149 Å². The van der Waals surface area contributed by atoms with Crippen LogP contribution in [-0.4, -0.2) is 47.5 Å². The molecule has 0 aromatic heterocycles. The molecule has 1 aromatic rings. The minimum Gasteiger partial charge on any atom is -0.349 e. The van der Waals surface area contributed by atoms with Crippen molar-refractivity contribution in [2.24, 2.45) is 0 Å². The fourth-order valence-electron chi connectivity index (χ4n) is 2.75. The predicted molar refractivity (Wildman–Crippen MR) is 100.0 cm³/mol. The number of carbonyl (C=O) groups excluding carboxylic acids is 2. The van der Waals surface area contributed by atoms with Gasteiger partial charge in [0.15, 0.2) is 0 Å². The zero-order valence-electron chi connectivity index (χ0n) is 15.5. The van der Waals surface area contributed by atoms with E-state index in [4.69, 9.17) is 0 Å². The lowest BCUT2D eigenvalue weighted by atomic mass is 9.86. The highest BCUT2D eigenvalue weighted by molar-refractivity contribution is 8.01. The van der Waals surface area contributed by atoms with E-state index in [0.717, 1.165) is 5.56 Å². The summed E-state index contributed by atoms with van der Waals surface area (Å²) in [5.74, 6) is 0.172. The number of hydrogen-bond donors (Lipinski definition) is 0. The van der Waals surface area contributed by atoms with Gasteiger partial charge in [0.05, 0.1) is 5.25 Å². The first-order valence-corrected chi connectivity index (χ1v) is 9.32. The third kappa shape index (κ3) is 4.12. The highest BCUT2D eigenvalue weighted by Gasteiger charge is 2.38. The maximum absolute atomic E-state index is 12.5. The third-order valence-corrected chi connectivity index (χ3v) is 5.77. The van der Waals surface area contributed by atoms with Gasteiger partial charge in [0.1, 0.15) is 5.37 Å². The zero-order valence-corrected chi connectivity index (χ0v) is 16.3. The van der Waals surface area contributed by atoms with Crippen molar-refractivity contribution in [3.8, 4) is 0 Å². The second kappa shape index (κ2) is 7.18. The van der Waals surface area contributed by atoms with Gasteiger partial charge in [-0.05, 0) is 23.5 Å². The van der Waals surface area contributed by atoms with Gasteiger partial charge >= 0.3 is 0 Å². The normalized spacial score (nSPS) is 21.2. The van der Waals surface area contributed by atoms with Crippen LogP contribution < -0.4 is 0 Å². The fraction of sp³-hybridized carbons (Fsp3) is 0.579. The van der Waals surface area contributed by atoms with Crippen molar-refractivity contribution in [2.75, 3.05) is 20.6 Å². The average molecular weight is 349 g/mol. The van der Waals surface area contributed by atoms with E-state index in [0.29, 0.717) is 13.0 Å². The number of thioether (sulfide) groups is 1. The van der Waals surface area contributed by atoms with Gasteiger partial charge < -0.3 is 9.80 Å². The minimum absolute atomic E-state index is 0.00326. The summed E-state index contributed by atoms with van der Waals surface area (Å²) in [5.41, 5.74) is 2.52. The predicted octanol–water partition coefficient (Wildman–Crippen LogP) is 3.42. The molecule has 1 aliphatic rings. The van der Waals surface area contributed by atoms with Gasteiger partial charge in [-0.25, -0.2) is 0 Å². The molecule has 0 radical (unpaired) electrons. The van der Waals surface area contributed by atoms with Crippen LogP contribution in [-0.2, 0) is 15.0 Å². The summed E-state index contributed by atoms with van der Waals surface area (Å²) < 4.78 is 0. The van der Waals surface area contributed by atoms with Crippen LogP contribution in [0.15, 0.2) is 24.3 Å². The van der Waals surface area contributed by atoms with E-state index in [9.17, 15) is 9.59 Å². The van der Waals surface area contributed by atoms with Gasteiger partial charge in [-0.3, -0.25) is 9.59 Å². The molecule has 2 atom stereocenters. The molecule has 4 nitrogen and oxygen atoms in total. The van der Waals surface area contributed by atoms with Crippen LogP contribution in [0.3, 0.4) is 0 Å². The van der Waals surface area contributed by atoms with E-state index in [-0.39, 0.29) is 27.9 Å². The molecule has 5 heteroatoms. The monoisotopic (exact) mass is 348 g/mol. The SMILES string of the molecule is C[C@@H]1S[C@H](c2ccc(C(C)(C)C)cc2)N(CCC(=O)N(C)C)C1=O. The lowest BCUT2D eigenvalue weighted by Crippen LogP contribution is -2.34. The van der Waals surface area contributed by atoms with E-state index in [1.807, 2.05) is 11.8 Å². The summed E-state index contributed by atoms with van der Waals surface area (Å²) in [6.07, 6.45) is 0.364. The van der Waals surface area contributed by atoms with Crippen molar-refractivity contribution in [3.05, 3.63) is 35.4 Å². The number of amides is 2. The second-order valence-corrected chi connectivity index (χ2v) is 9.00. The first-order valence-electron chi connectivity index (χ1n) is 8.38. The Bertz CT molecular complexity index is 605. The smallest absolute Gasteiger partial charge is 0.236 e. The lowest BCUT2D eigenvalue weighted by molar-refractivity contribution is -0.132. The number of hydrogen-bond acceptors (Lipinski definition) is 3. The summed E-state index contributed by atoms with van der Waals surface area (Å²) in [6.45, 7) is 8.99. The van der Waals surface area contributed by atoms with E-state index in [1.54, 1.807) is 30.8 Å². The molecule has 24 heavy (non-hydrogen) atoms. The molecular formula is C19H28N2O2S. The van der Waals surface area contributed by atoms with Gasteiger partial charge in [-0.2, -0.15) is 0 Å². The number of nitrogens with zero attached hydrogens (tertiary/aromatic N) is 2. The summed E-state index contributed by atoms with van der Waals surface area (Å²) in [4.78, 5) is 27.8. The van der Waals surface area contributed by atoms with E-state index >= 15 is 0 Å². The number of rotatable bonds is 4. The van der Waals surface area contributed by atoms with Crippen LogP contribution in [0.25, 0.3) is 0 Å². The Morgan fingerprint density at radius 3 is 2.29 bits per heavy atom. The standard InChI is InChI=1S/C19H28N2O2S/c1-13-17(23)21(12-11-16(22)20(5)6)18(24-13)14-7-9-15(10-8-14)19(2,3)4/h7-10,13,18H,11-12H2,1-6H3/t13-,18+/m0/s1. The van der Waals surface area contributed by atoms with Crippen LogP contribution in [0.1, 0.15) is 50.6 Å². The van der Waals surface area contributed by atoms with Crippen molar-refractivity contribution in [1.29, 1.82) is 0 Å². The van der Waals surface area contributed by atoms with Crippen LogP contribution >= 0.6 is 11.8 Å². The van der Waals surface area contributed by atoms with Crippen molar-refractivity contribution < 1.29 is 9.59 Å². The van der Waals surface area contributed by atoms with Crippen molar-refractivity contribution in [2.45, 2.75) is 50.2 Å². The molecule has 0 aliphatic carbocycles. The third-order valence-electron chi connectivity index (χ3n) is 4.37. The first kappa shape index (κ1) is 18.8. The lowest BCUT2D eigenvalue weighted by Gasteiger charge is -2.26. The van der Waals surface area contributed by atoms with Crippen LogP contribution in [0.4, 0.5) is 0 Å². The molecule has 0 unspecified atom stereocenters. The van der Waals surface area contributed by atoms with Gasteiger partial charge in [-0.15, -0.1) is 11.8 Å². The molecule has 1 saturated heterocycles. The number of carbonyl (C=O) groups is 2. The maximum atomic E-state index is 12.5. The quantitative estimate of drug-likeness (QED) is 0.837. The molecule has 1 aliphatic heterocycles. The van der Waals surface area contributed by atoms with Gasteiger partial charge in [-0.1, -0.05) is 45.0 Å². The summed E-state index contributed by atoms with van der Waals surface area (Å²) in [5, 5.41) is -0.0665. The Hall–Kier alpha value is -1.49. The molecule has 1 aromatic carbocycles. The highest BCUT2D eigenvalue weighted by Crippen LogP contribution is 2.43. The molecule has 2 amide bonds. The average Bonchev–Trinajstić information content (AvgIpc) is 2.79. The second-order valence-electron chi connectivity index (χ2n) is 7.57. The maximum Gasteiger partial charge on any atom is 0.236 e. The summed E-state index contributed by atoms with van der Waals surface area (Å²) in [6, 6.07) is 8.52. The van der Waals surface area contributed by atoms with E-state index < -0.39 is 0 Å². The van der Waals surface area contributed by atoms with Crippen molar-refractivity contribution >= 4 is 23.6 Å². The van der Waals surface area contributed by atoms with E-state index in [1.165, 1.54) is 5.56 Å². The first-order chi connectivity index (χ1) is 11.1. The Morgan fingerprint density at radius 1 is 1.21 bits per heavy atom. The fourth-order valence-corrected chi connectivity index (χ4v) is 4.06. The Kier molecular flexibility index (Phi) is 5.63. The van der Waals surface area contributed by atoms with Crippen LogP contribution in [0, 0.1) is 0 Å². The topological polar surface area (TPSA) is 40.6 Å². The summed E-state index contributed by atoms with van der Waals surface area (Å²) in [7, 11) is 3.49. The molecule has 0 N–H and O–H groups in total. The highest BCUT2D eigenvalue weighted by atomic mass is 32.2. The van der Waals surface area contributed by atoms with Crippen LogP contribution in [0.2, 0.25) is 0 Å². The summed E-state index contributed by atoms with van der Waals surface area (Å²) >= 11 is 1.66. The molecule has 0 spiro atoms. The van der Waals surface area contributed by atoms with Crippen LogP contribution in [0.5, 0.6) is 0 Å². The molecule has 0 bridgehead atoms. The molecular weight excluding hydrogens is 320 g/mol. The Balaban J connectivity index is 2.17. The Morgan fingerprint density at radius 2 is 1.79 bits per heavy atom. The molecule has 1 fully saturated rings.